The lowest BCUT2D eigenvalue weighted by molar-refractivity contribution is -0.151. The molecule has 0 bridgehead atoms. The molecule has 2 fully saturated rings. The Hall–Kier alpha value is -1.70. The highest BCUT2D eigenvalue weighted by Gasteiger charge is 2.40. The first-order valence-electron chi connectivity index (χ1n) is 9.37. The summed E-state index contributed by atoms with van der Waals surface area (Å²) in [6.45, 7) is 5.17. The molecular formula is C19H26N4O2S. The van der Waals surface area contributed by atoms with Gasteiger partial charge in [-0.2, -0.15) is 0 Å². The normalized spacial score (nSPS) is 20.5. The number of likely N-dealkylation sites (tertiary alicyclic amines) is 1. The Balaban J connectivity index is 1.27. The molecule has 2 saturated heterocycles. The molecule has 1 spiro atoms. The molecule has 0 radical (unpaired) electrons. The van der Waals surface area contributed by atoms with E-state index >= 15 is 0 Å². The van der Waals surface area contributed by atoms with Crippen LogP contribution in [0.5, 0.6) is 0 Å². The zero-order valence-electron chi connectivity index (χ0n) is 15.0. The van der Waals surface area contributed by atoms with E-state index in [1.54, 1.807) is 11.3 Å². The van der Waals surface area contributed by atoms with Crippen molar-refractivity contribution >= 4 is 17.2 Å². The maximum Gasteiger partial charge on any atom is 0.222 e. The third-order valence-electron chi connectivity index (χ3n) is 5.47. The van der Waals surface area contributed by atoms with Gasteiger partial charge in [0.2, 0.25) is 5.91 Å². The van der Waals surface area contributed by atoms with Gasteiger partial charge in [-0.25, -0.2) is 4.98 Å². The summed E-state index contributed by atoms with van der Waals surface area (Å²) < 4.78 is 6.20. The number of carbonyl (C=O) groups excluding carboxylic acids is 1. The van der Waals surface area contributed by atoms with Gasteiger partial charge in [0.1, 0.15) is 5.01 Å². The summed E-state index contributed by atoms with van der Waals surface area (Å²) >= 11 is 1.71. The number of rotatable bonds is 5. The number of piperidine rings is 1. The van der Waals surface area contributed by atoms with E-state index < -0.39 is 0 Å². The number of hydrogen-bond donors (Lipinski definition) is 1. The molecule has 4 rings (SSSR count). The summed E-state index contributed by atoms with van der Waals surface area (Å²) in [5.74, 6) is 0.255. The van der Waals surface area contributed by atoms with Crippen LogP contribution in [0.25, 0.3) is 0 Å². The van der Waals surface area contributed by atoms with Crippen LogP contribution < -0.4 is 0 Å². The topological polar surface area (TPSA) is 61.5 Å². The first-order chi connectivity index (χ1) is 12.7. The van der Waals surface area contributed by atoms with Crippen molar-refractivity contribution in [1.29, 1.82) is 0 Å². The molecule has 0 aliphatic carbocycles. The monoisotopic (exact) mass is 374 g/mol. The zero-order valence-corrected chi connectivity index (χ0v) is 15.8. The van der Waals surface area contributed by atoms with Crippen molar-refractivity contribution in [2.24, 2.45) is 0 Å². The minimum absolute atomic E-state index is 0.0915. The quantitative estimate of drug-likeness (QED) is 0.872. The van der Waals surface area contributed by atoms with E-state index in [0.717, 1.165) is 64.3 Å². The number of nitrogens with zero attached hydrogens (tertiary/aromatic N) is 3. The molecule has 2 aromatic heterocycles. The van der Waals surface area contributed by atoms with Gasteiger partial charge in [0.25, 0.3) is 0 Å². The van der Waals surface area contributed by atoms with Crippen molar-refractivity contribution in [3.05, 3.63) is 40.6 Å². The van der Waals surface area contributed by atoms with Crippen LogP contribution >= 0.6 is 11.3 Å². The molecule has 1 N–H and O–H groups in total. The summed E-state index contributed by atoms with van der Waals surface area (Å²) in [6.07, 6.45) is 6.98. The van der Waals surface area contributed by atoms with E-state index in [1.807, 2.05) is 34.8 Å². The Morgan fingerprint density at radius 2 is 2.23 bits per heavy atom. The van der Waals surface area contributed by atoms with Crippen LogP contribution in [-0.4, -0.2) is 64.1 Å². The Bertz CT molecular complexity index is 693. The first-order valence-corrected chi connectivity index (χ1v) is 10.3. The van der Waals surface area contributed by atoms with E-state index in [9.17, 15) is 4.79 Å². The fraction of sp³-hybridized carbons (Fsp3) is 0.579. The van der Waals surface area contributed by atoms with E-state index in [0.29, 0.717) is 6.42 Å². The summed E-state index contributed by atoms with van der Waals surface area (Å²) in [4.78, 5) is 24.5. The lowest BCUT2D eigenvalue weighted by Gasteiger charge is -2.47. The molecular weight excluding hydrogens is 348 g/mol. The predicted octanol–water partition coefficient (Wildman–Crippen LogP) is 2.30. The van der Waals surface area contributed by atoms with Crippen molar-refractivity contribution in [2.45, 2.75) is 37.8 Å². The number of morpholine rings is 1. The van der Waals surface area contributed by atoms with Crippen LogP contribution in [-0.2, 0) is 22.5 Å². The smallest absolute Gasteiger partial charge is 0.222 e. The van der Waals surface area contributed by atoms with Crippen LogP contribution in [0.15, 0.2) is 29.9 Å². The highest BCUT2D eigenvalue weighted by molar-refractivity contribution is 7.09. The Labute approximate surface area is 158 Å². The van der Waals surface area contributed by atoms with Crippen LogP contribution in [0.2, 0.25) is 0 Å². The van der Waals surface area contributed by atoms with Crippen LogP contribution in [0.1, 0.15) is 30.0 Å². The Morgan fingerprint density at radius 3 is 2.96 bits per heavy atom. The van der Waals surface area contributed by atoms with Gasteiger partial charge in [-0.3, -0.25) is 9.69 Å². The molecule has 1 amide bonds. The van der Waals surface area contributed by atoms with Crippen molar-refractivity contribution < 1.29 is 9.53 Å². The second-order valence-corrected chi connectivity index (χ2v) is 8.22. The van der Waals surface area contributed by atoms with Crippen LogP contribution in [0.4, 0.5) is 0 Å². The van der Waals surface area contributed by atoms with Gasteiger partial charge >= 0.3 is 0 Å². The highest BCUT2D eigenvalue weighted by atomic mass is 32.1. The molecule has 0 atom stereocenters. The Morgan fingerprint density at radius 1 is 1.35 bits per heavy atom. The standard InChI is InChI=1S/C19H26N4O2S/c24-18(4-3-16-2-1-7-20-16)23-9-5-19(6-10-23)15-22(11-12-25-19)14-17-21-8-13-26-17/h1-2,7-8,13,20H,3-6,9-12,14-15H2. The largest absolute Gasteiger partial charge is 0.372 e. The first kappa shape index (κ1) is 17.7. The maximum atomic E-state index is 12.5. The van der Waals surface area contributed by atoms with Gasteiger partial charge in [0.15, 0.2) is 0 Å². The maximum absolute atomic E-state index is 12.5. The molecule has 2 aliphatic rings. The number of nitrogens with one attached hydrogen (secondary N) is 1. The molecule has 6 nitrogen and oxygen atoms in total. The molecule has 0 aromatic carbocycles. The van der Waals surface area contributed by atoms with Crippen LogP contribution in [0, 0.1) is 0 Å². The fourth-order valence-electron chi connectivity index (χ4n) is 3.97. The number of amides is 1. The lowest BCUT2D eigenvalue weighted by atomic mass is 9.89. The number of aromatic amines is 1. The van der Waals surface area contributed by atoms with E-state index in [4.69, 9.17) is 4.74 Å². The van der Waals surface area contributed by atoms with Gasteiger partial charge in [-0.15, -0.1) is 11.3 Å². The molecule has 4 heterocycles. The molecule has 2 aromatic rings. The SMILES string of the molecule is O=C(CCc1ccc[nH]1)N1CCC2(CC1)CN(Cc1nccs1)CCO2. The third-order valence-corrected chi connectivity index (χ3v) is 6.23. The summed E-state index contributed by atoms with van der Waals surface area (Å²) in [5.41, 5.74) is 1.03. The van der Waals surface area contributed by atoms with Gasteiger partial charge in [0, 0.05) is 56.1 Å². The minimum Gasteiger partial charge on any atom is -0.372 e. The van der Waals surface area contributed by atoms with Gasteiger partial charge in [0.05, 0.1) is 18.8 Å². The molecule has 7 heteroatoms. The number of thiazole rings is 1. The summed E-state index contributed by atoms with van der Waals surface area (Å²) in [7, 11) is 0. The van der Waals surface area contributed by atoms with Gasteiger partial charge < -0.3 is 14.6 Å². The third kappa shape index (κ3) is 4.16. The summed E-state index contributed by atoms with van der Waals surface area (Å²) in [6, 6.07) is 4.01. The van der Waals surface area contributed by atoms with Crippen molar-refractivity contribution in [3.8, 4) is 0 Å². The number of hydrogen-bond acceptors (Lipinski definition) is 5. The lowest BCUT2D eigenvalue weighted by Crippen LogP contribution is -2.57. The highest BCUT2D eigenvalue weighted by Crippen LogP contribution is 2.31. The molecule has 140 valence electrons. The van der Waals surface area contributed by atoms with Crippen LogP contribution in [0.3, 0.4) is 0 Å². The predicted molar refractivity (Wildman–Crippen MR) is 101 cm³/mol. The summed E-state index contributed by atoms with van der Waals surface area (Å²) in [5, 5.41) is 3.20. The number of aromatic nitrogens is 2. The van der Waals surface area contributed by atoms with Gasteiger partial charge in [-0.05, 0) is 31.4 Å². The number of ether oxygens (including phenoxy) is 1. The average Bonchev–Trinajstić information content (AvgIpc) is 3.34. The zero-order chi connectivity index (χ0) is 17.8. The van der Waals surface area contributed by atoms with Gasteiger partial charge in [-0.1, -0.05) is 0 Å². The van der Waals surface area contributed by atoms with E-state index in [-0.39, 0.29) is 11.5 Å². The van der Waals surface area contributed by atoms with Crippen molar-refractivity contribution in [2.75, 3.05) is 32.8 Å². The van der Waals surface area contributed by atoms with Crippen molar-refractivity contribution in [1.82, 2.24) is 19.8 Å². The second kappa shape index (κ2) is 7.90. The van der Waals surface area contributed by atoms with Crippen molar-refractivity contribution in [3.63, 3.8) is 0 Å². The average molecular weight is 375 g/mol. The van der Waals surface area contributed by atoms with E-state index in [1.165, 1.54) is 5.01 Å². The molecule has 0 saturated carbocycles. The molecule has 0 unspecified atom stereocenters. The van der Waals surface area contributed by atoms with E-state index in [2.05, 4.69) is 14.9 Å². The number of carbonyl (C=O) groups is 1. The minimum atomic E-state index is -0.0915. The fourth-order valence-corrected chi connectivity index (χ4v) is 4.63. The number of H-pyrrole nitrogens is 1. The second-order valence-electron chi connectivity index (χ2n) is 7.24. The molecule has 26 heavy (non-hydrogen) atoms. The number of aryl methyl sites for hydroxylation is 1. The Kier molecular flexibility index (Phi) is 5.38. The molecule has 2 aliphatic heterocycles.